The number of amides is 3. The zero-order valence-corrected chi connectivity index (χ0v) is 10.6. The molecule has 0 aromatic heterocycles. The molecule has 0 fully saturated rings. The van der Waals surface area contributed by atoms with Gasteiger partial charge < -0.3 is 26.4 Å². The number of hydrogen-bond acceptors (Lipinski definition) is 5. The van der Waals surface area contributed by atoms with Gasteiger partial charge in [-0.2, -0.15) is 0 Å². The Kier molecular flexibility index (Phi) is 7.85. The summed E-state index contributed by atoms with van der Waals surface area (Å²) in [6.45, 7) is 0.401. The molecule has 0 rings (SSSR count). The van der Waals surface area contributed by atoms with E-state index in [9.17, 15) is 19.2 Å². The van der Waals surface area contributed by atoms with Gasteiger partial charge >= 0.3 is 5.97 Å². The van der Waals surface area contributed by atoms with Gasteiger partial charge in [0.25, 0.3) is 0 Å². The SMILES string of the molecule is CCNC(=O)CN(CC(=O)O)C(=O)CNC(=O)CN. The molecule has 0 aliphatic rings. The third-order valence-corrected chi connectivity index (χ3v) is 2.01. The van der Waals surface area contributed by atoms with Crippen molar-refractivity contribution < 1.29 is 24.3 Å². The molecule has 0 aliphatic carbocycles. The number of nitrogens with one attached hydrogen (secondary N) is 2. The Hall–Kier alpha value is -2.16. The van der Waals surface area contributed by atoms with Crippen molar-refractivity contribution in [3.63, 3.8) is 0 Å². The van der Waals surface area contributed by atoms with Crippen LogP contribution in [0.5, 0.6) is 0 Å². The van der Waals surface area contributed by atoms with Crippen molar-refractivity contribution in [2.24, 2.45) is 5.73 Å². The van der Waals surface area contributed by atoms with Gasteiger partial charge in [-0.3, -0.25) is 19.2 Å². The molecule has 0 atom stereocenters. The van der Waals surface area contributed by atoms with E-state index in [0.29, 0.717) is 6.54 Å². The zero-order chi connectivity index (χ0) is 14.8. The van der Waals surface area contributed by atoms with Gasteiger partial charge in [0.05, 0.1) is 13.1 Å². The molecule has 0 aliphatic heterocycles. The van der Waals surface area contributed by atoms with Crippen molar-refractivity contribution in [1.29, 1.82) is 0 Å². The first kappa shape index (κ1) is 16.8. The molecule has 19 heavy (non-hydrogen) atoms. The Morgan fingerprint density at radius 2 is 1.74 bits per heavy atom. The zero-order valence-electron chi connectivity index (χ0n) is 10.6. The molecule has 5 N–H and O–H groups in total. The number of carbonyl (C=O) groups is 4. The molecule has 0 aromatic rings. The van der Waals surface area contributed by atoms with Crippen molar-refractivity contribution in [1.82, 2.24) is 15.5 Å². The predicted octanol–water partition coefficient (Wildman–Crippen LogP) is -2.89. The second kappa shape index (κ2) is 8.86. The van der Waals surface area contributed by atoms with E-state index in [0.717, 1.165) is 4.90 Å². The minimum Gasteiger partial charge on any atom is -0.480 e. The fourth-order valence-corrected chi connectivity index (χ4v) is 1.18. The topological polar surface area (TPSA) is 142 Å². The number of carboxylic acids is 1. The molecule has 9 nitrogen and oxygen atoms in total. The first-order valence-electron chi connectivity index (χ1n) is 5.63. The molecule has 0 saturated heterocycles. The molecule has 108 valence electrons. The summed E-state index contributed by atoms with van der Waals surface area (Å²) in [6, 6.07) is 0. The Morgan fingerprint density at radius 3 is 2.21 bits per heavy atom. The van der Waals surface area contributed by atoms with Crippen molar-refractivity contribution in [2.45, 2.75) is 6.92 Å². The first-order valence-corrected chi connectivity index (χ1v) is 5.63. The van der Waals surface area contributed by atoms with E-state index < -0.39 is 36.8 Å². The van der Waals surface area contributed by atoms with E-state index in [4.69, 9.17) is 10.8 Å². The summed E-state index contributed by atoms with van der Waals surface area (Å²) in [4.78, 5) is 45.3. The molecule has 3 amide bonds. The highest BCUT2D eigenvalue weighted by Crippen LogP contribution is 1.90. The van der Waals surface area contributed by atoms with Gasteiger partial charge in [-0.05, 0) is 6.92 Å². The third kappa shape index (κ3) is 7.71. The minimum absolute atomic E-state index is 0.275. The standard InChI is InChI=1S/C10H18N4O5/c1-2-12-8(16)5-14(6-10(18)19)9(17)4-13-7(15)3-11/h2-6,11H2,1H3,(H,12,16)(H,13,15)(H,18,19). The van der Waals surface area contributed by atoms with Gasteiger partial charge in [0.2, 0.25) is 17.7 Å². The lowest BCUT2D eigenvalue weighted by Gasteiger charge is -2.20. The summed E-state index contributed by atoms with van der Waals surface area (Å²) in [5.74, 6) is -2.93. The number of nitrogens with zero attached hydrogens (tertiary/aromatic N) is 1. The predicted molar refractivity (Wildman–Crippen MR) is 65.0 cm³/mol. The van der Waals surface area contributed by atoms with E-state index in [-0.39, 0.29) is 13.1 Å². The Balaban J connectivity index is 4.47. The lowest BCUT2D eigenvalue weighted by molar-refractivity contribution is -0.145. The molecular weight excluding hydrogens is 256 g/mol. The van der Waals surface area contributed by atoms with Crippen LogP contribution in [0.3, 0.4) is 0 Å². The van der Waals surface area contributed by atoms with E-state index in [1.54, 1.807) is 6.92 Å². The van der Waals surface area contributed by atoms with Crippen LogP contribution in [0.15, 0.2) is 0 Å². The van der Waals surface area contributed by atoms with Crippen LogP contribution in [-0.4, -0.2) is 66.4 Å². The van der Waals surface area contributed by atoms with Gasteiger partial charge in [-0.15, -0.1) is 0 Å². The summed E-state index contributed by atoms with van der Waals surface area (Å²) in [6.07, 6.45) is 0. The highest BCUT2D eigenvalue weighted by Gasteiger charge is 2.19. The maximum absolute atomic E-state index is 11.7. The first-order chi connectivity index (χ1) is 8.90. The number of rotatable bonds is 8. The van der Waals surface area contributed by atoms with Crippen LogP contribution in [0, 0.1) is 0 Å². The summed E-state index contributed by atoms with van der Waals surface area (Å²) in [5.41, 5.74) is 5.04. The van der Waals surface area contributed by atoms with Gasteiger partial charge in [0, 0.05) is 6.54 Å². The second-order valence-electron chi connectivity index (χ2n) is 3.58. The number of aliphatic carboxylic acids is 1. The molecule has 0 radical (unpaired) electrons. The number of likely N-dealkylation sites (N-methyl/N-ethyl adjacent to an activating group) is 1. The largest absolute Gasteiger partial charge is 0.480 e. The van der Waals surface area contributed by atoms with Crippen LogP contribution in [0.4, 0.5) is 0 Å². The van der Waals surface area contributed by atoms with Crippen LogP contribution in [0.2, 0.25) is 0 Å². The summed E-state index contributed by atoms with van der Waals surface area (Å²) in [7, 11) is 0. The summed E-state index contributed by atoms with van der Waals surface area (Å²) >= 11 is 0. The van der Waals surface area contributed by atoms with Crippen LogP contribution < -0.4 is 16.4 Å². The molecule has 0 heterocycles. The minimum atomic E-state index is -1.25. The fourth-order valence-electron chi connectivity index (χ4n) is 1.18. The Morgan fingerprint density at radius 1 is 1.11 bits per heavy atom. The van der Waals surface area contributed by atoms with E-state index in [2.05, 4.69) is 10.6 Å². The van der Waals surface area contributed by atoms with Crippen LogP contribution in [-0.2, 0) is 19.2 Å². The second-order valence-corrected chi connectivity index (χ2v) is 3.58. The molecule has 0 unspecified atom stereocenters. The Labute approximate surface area is 110 Å². The van der Waals surface area contributed by atoms with Gasteiger partial charge in [0.15, 0.2) is 0 Å². The normalized spacial score (nSPS) is 9.58. The molecule has 0 saturated carbocycles. The van der Waals surface area contributed by atoms with Crippen LogP contribution >= 0.6 is 0 Å². The molecule has 0 aromatic carbocycles. The number of nitrogens with two attached hydrogens (primary N) is 1. The average molecular weight is 274 g/mol. The Bertz CT molecular complexity index is 358. The smallest absolute Gasteiger partial charge is 0.323 e. The summed E-state index contributed by atoms with van der Waals surface area (Å²) in [5, 5.41) is 13.3. The monoisotopic (exact) mass is 274 g/mol. The van der Waals surface area contributed by atoms with E-state index in [1.807, 2.05) is 0 Å². The highest BCUT2D eigenvalue weighted by molar-refractivity contribution is 5.90. The van der Waals surface area contributed by atoms with Crippen LogP contribution in [0.25, 0.3) is 0 Å². The molecule has 9 heteroatoms. The quantitative estimate of drug-likeness (QED) is 0.374. The van der Waals surface area contributed by atoms with Crippen molar-refractivity contribution in [2.75, 3.05) is 32.7 Å². The van der Waals surface area contributed by atoms with Gasteiger partial charge in [0.1, 0.15) is 13.1 Å². The third-order valence-electron chi connectivity index (χ3n) is 2.01. The number of carboxylic acid groups (broad SMARTS) is 1. The van der Waals surface area contributed by atoms with E-state index in [1.165, 1.54) is 0 Å². The van der Waals surface area contributed by atoms with Crippen molar-refractivity contribution in [3.05, 3.63) is 0 Å². The summed E-state index contributed by atoms with van der Waals surface area (Å²) < 4.78 is 0. The van der Waals surface area contributed by atoms with E-state index >= 15 is 0 Å². The lowest BCUT2D eigenvalue weighted by Crippen LogP contribution is -2.47. The molecular formula is C10H18N4O5. The maximum Gasteiger partial charge on any atom is 0.323 e. The highest BCUT2D eigenvalue weighted by atomic mass is 16.4. The number of carbonyl (C=O) groups excluding carboxylic acids is 3. The molecule has 0 bridgehead atoms. The fraction of sp³-hybridized carbons (Fsp3) is 0.600. The maximum atomic E-state index is 11.7. The number of hydrogen-bond donors (Lipinski definition) is 4. The van der Waals surface area contributed by atoms with Crippen LogP contribution in [0.1, 0.15) is 6.92 Å². The van der Waals surface area contributed by atoms with Gasteiger partial charge in [-0.25, -0.2) is 0 Å². The average Bonchev–Trinajstić information content (AvgIpc) is 2.34. The lowest BCUT2D eigenvalue weighted by atomic mass is 10.4. The van der Waals surface area contributed by atoms with Gasteiger partial charge in [-0.1, -0.05) is 0 Å². The van der Waals surface area contributed by atoms with Crippen molar-refractivity contribution in [3.8, 4) is 0 Å². The molecule has 0 spiro atoms. The van der Waals surface area contributed by atoms with Crippen molar-refractivity contribution >= 4 is 23.7 Å².